The third kappa shape index (κ3) is 4.35. The molecule has 1 heterocycles. The van der Waals surface area contributed by atoms with Crippen LogP contribution < -0.4 is 14.8 Å². The second-order valence-corrected chi connectivity index (χ2v) is 10.3. The smallest absolute Gasteiger partial charge is 0.175 e. The lowest BCUT2D eigenvalue weighted by Crippen LogP contribution is -2.29. The van der Waals surface area contributed by atoms with Crippen molar-refractivity contribution in [3.63, 3.8) is 0 Å². The first-order valence-corrected chi connectivity index (χ1v) is 12.5. The highest BCUT2D eigenvalue weighted by atomic mass is 79.9. The Morgan fingerprint density at radius 1 is 1.06 bits per heavy atom. The van der Waals surface area contributed by atoms with Crippen molar-refractivity contribution in [1.29, 1.82) is 0 Å². The van der Waals surface area contributed by atoms with Gasteiger partial charge in [0, 0.05) is 37.8 Å². The number of hydrogen-bond donors (Lipinski definition) is 1. The summed E-state index contributed by atoms with van der Waals surface area (Å²) in [5, 5.41) is 5.68. The minimum Gasteiger partial charge on any atom is -0.493 e. The summed E-state index contributed by atoms with van der Waals surface area (Å²) in [7, 11) is 1.65. The molecule has 1 aliphatic heterocycles. The number of anilines is 1. The van der Waals surface area contributed by atoms with Crippen LogP contribution in [0.25, 0.3) is 0 Å². The molecule has 0 spiro atoms. The van der Waals surface area contributed by atoms with E-state index < -0.39 is 0 Å². The second kappa shape index (κ2) is 9.42. The molecule has 5 rings (SSSR count). The number of methoxy groups -OCH3 is 1. The predicted octanol–water partition coefficient (Wildman–Crippen LogP) is 8.82. The molecule has 0 fully saturated rings. The summed E-state index contributed by atoms with van der Waals surface area (Å²) in [4.78, 5) is 0. The Morgan fingerprint density at radius 2 is 1.88 bits per heavy atom. The van der Waals surface area contributed by atoms with E-state index in [1.54, 1.807) is 7.11 Å². The standard InChI is InChI=1S/C26H21BrCl3NO2/c1-32-23-10-15(9-19(27)26(23)33-13-14-5-2-3-8-20(14)29)25-18-7-4-6-17(18)24-21(30)11-16(28)12-22(24)31-25/h2-6,8-12,17-18,25,31H,7,13H2,1H3/t17-,18-,25-/m0/s1. The number of ether oxygens (including phenoxy) is 2. The lowest BCUT2D eigenvalue weighted by molar-refractivity contribution is 0.282. The first-order chi connectivity index (χ1) is 16.0. The number of benzene rings is 3. The van der Waals surface area contributed by atoms with E-state index in [-0.39, 0.29) is 12.0 Å². The van der Waals surface area contributed by atoms with Crippen LogP contribution >= 0.6 is 50.7 Å². The topological polar surface area (TPSA) is 30.5 Å². The Morgan fingerprint density at radius 3 is 2.67 bits per heavy atom. The molecule has 1 aliphatic carbocycles. The van der Waals surface area contributed by atoms with Crippen molar-refractivity contribution < 1.29 is 9.47 Å². The van der Waals surface area contributed by atoms with Crippen LogP contribution in [0.3, 0.4) is 0 Å². The van der Waals surface area contributed by atoms with Crippen molar-refractivity contribution in [2.24, 2.45) is 5.92 Å². The van der Waals surface area contributed by atoms with E-state index >= 15 is 0 Å². The summed E-state index contributed by atoms with van der Waals surface area (Å²) < 4.78 is 12.7. The normalized spacial score (nSPS) is 20.7. The summed E-state index contributed by atoms with van der Waals surface area (Å²) in [5.74, 6) is 1.87. The number of rotatable bonds is 5. The van der Waals surface area contributed by atoms with Gasteiger partial charge < -0.3 is 14.8 Å². The molecule has 0 radical (unpaired) electrons. The van der Waals surface area contributed by atoms with Crippen LogP contribution in [-0.2, 0) is 6.61 Å². The average molecular weight is 566 g/mol. The zero-order chi connectivity index (χ0) is 23.1. The largest absolute Gasteiger partial charge is 0.493 e. The van der Waals surface area contributed by atoms with Crippen molar-refractivity contribution >= 4 is 56.4 Å². The predicted molar refractivity (Wildman–Crippen MR) is 139 cm³/mol. The van der Waals surface area contributed by atoms with Crippen LogP contribution in [-0.4, -0.2) is 7.11 Å². The fraction of sp³-hybridized carbons (Fsp3) is 0.231. The molecule has 3 atom stereocenters. The van der Waals surface area contributed by atoms with E-state index in [2.05, 4.69) is 39.5 Å². The Kier molecular flexibility index (Phi) is 6.54. The van der Waals surface area contributed by atoms with Gasteiger partial charge in [-0.05, 0) is 64.2 Å². The van der Waals surface area contributed by atoms with Crippen LogP contribution in [0, 0.1) is 5.92 Å². The van der Waals surface area contributed by atoms with Gasteiger partial charge in [0.1, 0.15) is 6.61 Å². The maximum absolute atomic E-state index is 6.59. The number of halogens is 4. The quantitative estimate of drug-likeness (QED) is 0.314. The van der Waals surface area contributed by atoms with E-state index in [1.165, 1.54) is 0 Å². The molecule has 0 bridgehead atoms. The third-order valence-electron chi connectivity index (χ3n) is 6.32. The van der Waals surface area contributed by atoms with Crippen molar-refractivity contribution in [2.75, 3.05) is 12.4 Å². The Hall–Kier alpha value is -1.85. The molecule has 1 N–H and O–H groups in total. The van der Waals surface area contributed by atoms with Crippen LogP contribution in [0.2, 0.25) is 15.1 Å². The molecular formula is C26H21BrCl3NO2. The number of allylic oxidation sites excluding steroid dienone is 2. The van der Waals surface area contributed by atoms with Gasteiger partial charge in [-0.15, -0.1) is 0 Å². The molecule has 7 heteroatoms. The van der Waals surface area contributed by atoms with Gasteiger partial charge >= 0.3 is 0 Å². The zero-order valence-corrected chi connectivity index (χ0v) is 21.6. The Bertz CT molecular complexity index is 1250. The molecule has 3 aromatic rings. The number of nitrogens with one attached hydrogen (secondary N) is 1. The highest BCUT2D eigenvalue weighted by Crippen LogP contribution is 2.53. The minimum atomic E-state index is 0.0647. The third-order valence-corrected chi connectivity index (χ3v) is 7.81. The van der Waals surface area contributed by atoms with Crippen molar-refractivity contribution in [1.82, 2.24) is 0 Å². The van der Waals surface area contributed by atoms with E-state index in [0.717, 1.165) is 33.3 Å². The zero-order valence-electron chi connectivity index (χ0n) is 17.7. The van der Waals surface area contributed by atoms with Gasteiger partial charge in [-0.2, -0.15) is 0 Å². The van der Waals surface area contributed by atoms with Crippen molar-refractivity contribution in [3.05, 3.63) is 96.9 Å². The van der Waals surface area contributed by atoms with E-state index in [9.17, 15) is 0 Å². The van der Waals surface area contributed by atoms with E-state index in [4.69, 9.17) is 44.3 Å². The molecule has 3 aromatic carbocycles. The minimum absolute atomic E-state index is 0.0647. The molecular weight excluding hydrogens is 545 g/mol. The molecule has 0 unspecified atom stereocenters. The molecule has 0 saturated heterocycles. The monoisotopic (exact) mass is 563 g/mol. The molecule has 0 aromatic heterocycles. The summed E-state index contributed by atoms with van der Waals surface area (Å²) in [6, 6.07) is 15.6. The SMILES string of the molecule is COc1cc([C@@H]2Nc3cc(Cl)cc(Cl)c3[C@H]3C=CC[C@@H]32)cc(Br)c1OCc1ccccc1Cl. The first-order valence-electron chi connectivity index (χ1n) is 10.6. The molecule has 3 nitrogen and oxygen atoms in total. The first kappa shape index (κ1) is 22.9. The second-order valence-electron chi connectivity index (χ2n) is 8.24. The van der Waals surface area contributed by atoms with Gasteiger partial charge in [-0.1, -0.05) is 65.2 Å². The van der Waals surface area contributed by atoms with Gasteiger partial charge in [0.25, 0.3) is 0 Å². The fourth-order valence-corrected chi connectivity index (χ4v) is 6.18. The van der Waals surface area contributed by atoms with Gasteiger partial charge in [0.2, 0.25) is 0 Å². The molecule has 2 aliphatic rings. The Balaban J connectivity index is 1.48. The van der Waals surface area contributed by atoms with Gasteiger partial charge in [-0.3, -0.25) is 0 Å². The molecule has 170 valence electrons. The highest BCUT2D eigenvalue weighted by Gasteiger charge is 2.39. The molecule has 0 saturated carbocycles. The van der Waals surface area contributed by atoms with Gasteiger partial charge in [-0.25, -0.2) is 0 Å². The summed E-state index contributed by atoms with van der Waals surface area (Å²) >= 11 is 22.9. The number of hydrogen-bond acceptors (Lipinski definition) is 3. The summed E-state index contributed by atoms with van der Waals surface area (Å²) in [6.45, 7) is 0.342. The summed E-state index contributed by atoms with van der Waals surface area (Å²) in [5.41, 5.74) is 4.10. The van der Waals surface area contributed by atoms with E-state index in [0.29, 0.717) is 39.1 Å². The maximum atomic E-state index is 6.59. The van der Waals surface area contributed by atoms with E-state index in [1.807, 2.05) is 42.5 Å². The molecule has 33 heavy (non-hydrogen) atoms. The van der Waals surface area contributed by atoms with Crippen LogP contribution in [0.5, 0.6) is 11.5 Å². The fourth-order valence-electron chi connectivity index (χ4n) is 4.80. The van der Waals surface area contributed by atoms with Crippen LogP contribution in [0.15, 0.2) is 65.2 Å². The van der Waals surface area contributed by atoms with Crippen molar-refractivity contribution in [3.8, 4) is 11.5 Å². The van der Waals surface area contributed by atoms with Crippen LogP contribution in [0.4, 0.5) is 5.69 Å². The van der Waals surface area contributed by atoms with Gasteiger partial charge in [0.05, 0.1) is 17.6 Å². The van der Waals surface area contributed by atoms with Crippen molar-refractivity contribution in [2.45, 2.75) is 25.0 Å². The average Bonchev–Trinajstić information content (AvgIpc) is 3.27. The van der Waals surface area contributed by atoms with Crippen LogP contribution in [0.1, 0.15) is 35.1 Å². The maximum Gasteiger partial charge on any atom is 0.175 e. The summed E-state index contributed by atoms with van der Waals surface area (Å²) in [6.07, 6.45) is 5.45. The lowest BCUT2D eigenvalue weighted by atomic mass is 9.77. The highest BCUT2D eigenvalue weighted by molar-refractivity contribution is 9.10. The number of fused-ring (bicyclic) bond motifs is 3. The Labute approximate surface area is 216 Å². The van der Waals surface area contributed by atoms with Gasteiger partial charge in [0.15, 0.2) is 11.5 Å². The lowest BCUT2D eigenvalue weighted by Gasteiger charge is -2.38. The molecule has 0 amide bonds.